The van der Waals surface area contributed by atoms with Crippen molar-refractivity contribution in [3.8, 4) is 28.3 Å². The molecular weight excluding hydrogens is 460 g/mol. The molecule has 1 saturated heterocycles. The Hall–Kier alpha value is -4.15. The lowest BCUT2D eigenvalue weighted by Gasteiger charge is -2.20. The molecule has 0 bridgehead atoms. The van der Waals surface area contributed by atoms with Crippen LogP contribution in [-0.4, -0.2) is 52.1 Å². The normalized spacial score (nSPS) is 21.5. The van der Waals surface area contributed by atoms with Gasteiger partial charge in [-0.15, -0.1) is 0 Å². The first-order chi connectivity index (χ1) is 18.0. The van der Waals surface area contributed by atoms with Gasteiger partial charge in [-0.25, -0.2) is 9.83 Å². The molecule has 37 heavy (non-hydrogen) atoms. The first-order valence-corrected chi connectivity index (χ1v) is 12.8. The van der Waals surface area contributed by atoms with Crippen molar-refractivity contribution >= 4 is 17.3 Å². The number of nitrogens with zero attached hydrogens (tertiary/aromatic N) is 6. The van der Waals surface area contributed by atoms with Gasteiger partial charge in [-0.2, -0.15) is 0 Å². The number of carbonyl (C=O) groups is 1. The van der Waals surface area contributed by atoms with Gasteiger partial charge in [0.1, 0.15) is 0 Å². The lowest BCUT2D eigenvalue weighted by Crippen LogP contribution is -2.30. The minimum atomic E-state index is -0.153. The van der Waals surface area contributed by atoms with Crippen molar-refractivity contribution in [3.63, 3.8) is 0 Å². The van der Waals surface area contributed by atoms with Gasteiger partial charge in [0.05, 0.1) is 23.4 Å². The summed E-state index contributed by atoms with van der Waals surface area (Å²) in [5.41, 5.74) is 6.95. The summed E-state index contributed by atoms with van der Waals surface area (Å²) in [5.74, 6) is 1.67. The van der Waals surface area contributed by atoms with Crippen molar-refractivity contribution < 1.29 is 4.79 Å². The zero-order valence-corrected chi connectivity index (χ0v) is 21.1. The van der Waals surface area contributed by atoms with Crippen LogP contribution in [0, 0.1) is 17.9 Å². The molecule has 2 aromatic heterocycles. The highest BCUT2D eigenvalue weighted by Gasteiger charge is 2.63. The van der Waals surface area contributed by atoms with Crippen molar-refractivity contribution in [2.24, 2.45) is 11.3 Å². The Balaban J connectivity index is 1.24. The van der Waals surface area contributed by atoms with E-state index in [9.17, 15) is 4.79 Å². The quantitative estimate of drug-likeness (QED) is 0.326. The molecule has 2 atom stereocenters. The number of aromatic nitrogens is 3. The predicted octanol–water partition coefficient (Wildman–Crippen LogP) is 5.22. The summed E-state index contributed by atoms with van der Waals surface area (Å²) in [5, 5.41) is 0. The minimum absolute atomic E-state index is 0.153. The summed E-state index contributed by atoms with van der Waals surface area (Å²) in [6, 6.07) is 16.3. The van der Waals surface area contributed by atoms with Crippen LogP contribution in [0.25, 0.3) is 33.2 Å². The molecule has 3 aliphatic rings. The SMILES string of the molecule is [C-]#[N+]c1ccc(-c2cc3n(c2)Cc2cc(N4CC[C@@]5(C[C@@H]5CN(C)C)C4=O)ccc2-n2ccnc2-3)cc1. The second-order valence-corrected chi connectivity index (χ2v) is 10.9. The van der Waals surface area contributed by atoms with E-state index in [-0.39, 0.29) is 5.41 Å². The number of hydrogen-bond acceptors (Lipinski definition) is 3. The number of hydrogen-bond donors (Lipinski definition) is 0. The van der Waals surface area contributed by atoms with Crippen LogP contribution < -0.4 is 4.90 Å². The van der Waals surface area contributed by atoms with E-state index in [4.69, 9.17) is 11.6 Å². The van der Waals surface area contributed by atoms with Crippen LogP contribution in [0.4, 0.5) is 11.4 Å². The Labute approximate surface area is 216 Å². The Morgan fingerprint density at radius 3 is 2.76 bits per heavy atom. The van der Waals surface area contributed by atoms with E-state index >= 15 is 0 Å². The monoisotopic (exact) mass is 488 g/mol. The Morgan fingerprint density at radius 2 is 1.97 bits per heavy atom. The molecule has 0 radical (unpaired) electrons. The number of carbonyl (C=O) groups excluding carboxylic acids is 1. The summed E-state index contributed by atoms with van der Waals surface area (Å²) in [6.45, 7) is 9.68. The van der Waals surface area contributed by atoms with Crippen molar-refractivity contribution in [2.75, 3.05) is 32.1 Å². The molecule has 2 fully saturated rings. The van der Waals surface area contributed by atoms with Crippen LogP contribution in [-0.2, 0) is 11.3 Å². The fraction of sp³-hybridized carbons (Fsp3) is 0.300. The molecule has 4 aromatic rings. The van der Waals surface area contributed by atoms with Crippen LogP contribution in [0.5, 0.6) is 0 Å². The molecule has 2 aromatic carbocycles. The van der Waals surface area contributed by atoms with Crippen LogP contribution in [0.2, 0.25) is 0 Å². The molecule has 1 aliphatic carbocycles. The minimum Gasteiger partial charge on any atom is -0.340 e. The van der Waals surface area contributed by atoms with Gasteiger partial charge in [0, 0.05) is 49.5 Å². The predicted molar refractivity (Wildman–Crippen MR) is 144 cm³/mol. The van der Waals surface area contributed by atoms with E-state index in [2.05, 4.69) is 63.4 Å². The largest absolute Gasteiger partial charge is 0.340 e. The van der Waals surface area contributed by atoms with Gasteiger partial charge < -0.3 is 14.4 Å². The van der Waals surface area contributed by atoms with Crippen LogP contribution in [0.3, 0.4) is 0 Å². The fourth-order valence-corrected chi connectivity index (χ4v) is 6.35. The van der Waals surface area contributed by atoms with Crippen molar-refractivity contribution in [2.45, 2.75) is 19.4 Å². The zero-order valence-electron chi connectivity index (χ0n) is 21.1. The maximum Gasteiger partial charge on any atom is 0.233 e. The van der Waals surface area contributed by atoms with E-state index in [1.165, 1.54) is 0 Å². The molecule has 7 heteroatoms. The molecule has 7 rings (SSSR count). The van der Waals surface area contributed by atoms with Gasteiger partial charge >= 0.3 is 0 Å². The third-order valence-corrected chi connectivity index (χ3v) is 8.34. The van der Waals surface area contributed by atoms with Gasteiger partial charge in [-0.3, -0.25) is 9.36 Å². The fourth-order valence-electron chi connectivity index (χ4n) is 6.35. The number of rotatable bonds is 4. The molecule has 2 aliphatic heterocycles. The van der Waals surface area contributed by atoms with Gasteiger partial charge in [0.25, 0.3) is 0 Å². The van der Waals surface area contributed by atoms with Crippen molar-refractivity contribution in [1.82, 2.24) is 19.0 Å². The molecule has 1 spiro atoms. The molecule has 0 unspecified atom stereocenters. The summed E-state index contributed by atoms with van der Waals surface area (Å²) < 4.78 is 4.39. The number of imidazole rings is 1. The Bertz CT molecular complexity index is 1590. The van der Waals surface area contributed by atoms with Crippen LogP contribution >= 0.6 is 0 Å². The van der Waals surface area contributed by atoms with Crippen molar-refractivity contribution in [1.29, 1.82) is 0 Å². The van der Waals surface area contributed by atoms with Crippen molar-refractivity contribution in [3.05, 3.63) is 84.1 Å². The molecule has 184 valence electrons. The maximum absolute atomic E-state index is 13.5. The topological polar surface area (TPSA) is 50.7 Å². The van der Waals surface area contributed by atoms with Crippen LogP contribution in [0.1, 0.15) is 18.4 Å². The lowest BCUT2D eigenvalue weighted by molar-refractivity contribution is -0.122. The molecular formula is C30H28N6O. The average molecular weight is 489 g/mol. The third-order valence-electron chi connectivity index (χ3n) is 8.34. The van der Waals surface area contributed by atoms with E-state index < -0.39 is 0 Å². The maximum atomic E-state index is 13.5. The summed E-state index contributed by atoms with van der Waals surface area (Å²) in [6.07, 6.45) is 7.97. The van der Waals surface area contributed by atoms with E-state index in [1.54, 1.807) is 0 Å². The smallest absolute Gasteiger partial charge is 0.233 e. The molecule has 4 heterocycles. The molecule has 1 amide bonds. The highest BCUT2D eigenvalue weighted by atomic mass is 16.2. The van der Waals surface area contributed by atoms with Gasteiger partial charge in [-0.1, -0.05) is 24.3 Å². The van der Waals surface area contributed by atoms with Gasteiger partial charge in [-0.05, 0) is 68.2 Å². The second-order valence-electron chi connectivity index (χ2n) is 10.9. The number of fused-ring (bicyclic) bond motifs is 5. The van der Waals surface area contributed by atoms with E-state index in [0.717, 1.165) is 65.5 Å². The summed E-state index contributed by atoms with van der Waals surface area (Å²) in [7, 11) is 4.17. The molecule has 7 nitrogen and oxygen atoms in total. The van der Waals surface area contributed by atoms with Crippen LogP contribution in [0.15, 0.2) is 67.1 Å². The third kappa shape index (κ3) is 3.36. The van der Waals surface area contributed by atoms with Gasteiger partial charge in [0.15, 0.2) is 11.5 Å². The average Bonchev–Trinajstić information content (AvgIpc) is 3.21. The summed E-state index contributed by atoms with van der Waals surface area (Å²) >= 11 is 0. The number of benzene rings is 2. The second kappa shape index (κ2) is 7.92. The standard InChI is InChI=1S/C30H28N6O/c1-31-24-6-4-20(5-7-24)21-15-27-28-32-11-13-36(28)26-9-8-25(14-22(26)18-34(27)17-21)35-12-10-30(29(35)37)16-23(30)19-33(2)3/h4-9,11,13-15,17,23H,10,12,16,18-19H2,2-3H3/t23-,30+/m1/s1. The highest BCUT2D eigenvalue weighted by Crippen LogP contribution is 2.60. The molecule has 0 N–H and O–H groups in total. The summed E-state index contributed by atoms with van der Waals surface area (Å²) in [4.78, 5) is 26.0. The highest BCUT2D eigenvalue weighted by molar-refractivity contribution is 6.02. The number of anilines is 1. The first-order valence-electron chi connectivity index (χ1n) is 12.8. The van der Waals surface area contributed by atoms with E-state index in [0.29, 0.717) is 24.1 Å². The number of amides is 1. The Kier molecular flexibility index (Phi) is 4.73. The van der Waals surface area contributed by atoms with E-state index in [1.807, 2.05) is 41.6 Å². The van der Waals surface area contributed by atoms with Gasteiger partial charge in [0.2, 0.25) is 5.91 Å². The molecule has 1 saturated carbocycles. The first kappa shape index (κ1) is 22.1. The Morgan fingerprint density at radius 1 is 1.14 bits per heavy atom. The zero-order chi connectivity index (χ0) is 25.3. The lowest BCUT2D eigenvalue weighted by atomic mass is 10.0.